The van der Waals surface area contributed by atoms with E-state index < -0.39 is 0 Å². The third kappa shape index (κ3) is 3.69. The molecule has 0 unspecified atom stereocenters. The Kier molecular flexibility index (Phi) is 4.99. The molecule has 0 radical (unpaired) electrons. The zero-order chi connectivity index (χ0) is 20.4. The van der Waals surface area contributed by atoms with Gasteiger partial charge in [-0.2, -0.15) is 0 Å². The molecule has 0 spiro atoms. The topological polar surface area (TPSA) is 58.6 Å². The van der Waals surface area contributed by atoms with Crippen molar-refractivity contribution < 1.29 is 18.7 Å². The summed E-state index contributed by atoms with van der Waals surface area (Å²) in [5, 5.41) is 2.81. The summed E-state index contributed by atoms with van der Waals surface area (Å²) < 4.78 is 18.2. The van der Waals surface area contributed by atoms with E-state index in [1.165, 1.54) is 12.1 Å². The summed E-state index contributed by atoms with van der Waals surface area (Å²) in [6.45, 7) is 0.652. The standard InChI is InChI=1S/C23H19FN2O3/c1-29-19-11-9-18(10-12-19)26-14-16-3-2-4-20(21(16)23(26)28)22(27)25-13-15-5-7-17(24)8-6-15/h2-12H,13-14H2,1H3,(H,25,27). The van der Waals surface area contributed by atoms with Gasteiger partial charge in [-0.05, 0) is 53.6 Å². The van der Waals surface area contributed by atoms with Crippen LogP contribution in [-0.4, -0.2) is 18.9 Å². The molecule has 1 aliphatic heterocycles. The van der Waals surface area contributed by atoms with Crippen LogP contribution in [0.4, 0.5) is 10.1 Å². The SMILES string of the molecule is COc1ccc(N2Cc3cccc(C(=O)NCc4ccc(F)cc4)c3C2=O)cc1. The highest BCUT2D eigenvalue weighted by Crippen LogP contribution is 2.31. The van der Waals surface area contributed by atoms with Crippen molar-refractivity contribution in [2.45, 2.75) is 13.1 Å². The third-order valence-electron chi connectivity index (χ3n) is 4.93. The van der Waals surface area contributed by atoms with E-state index >= 15 is 0 Å². The van der Waals surface area contributed by atoms with E-state index in [4.69, 9.17) is 4.74 Å². The number of ether oxygens (including phenoxy) is 1. The van der Waals surface area contributed by atoms with Crippen molar-refractivity contribution in [1.82, 2.24) is 5.32 Å². The Bertz CT molecular complexity index is 1060. The van der Waals surface area contributed by atoms with E-state index in [-0.39, 0.29) is 24.2 Å². The molecule has 0 saturated heterocycles. The molecule has 1 aliphatic rings. The fourth-order valence-electron chi connectivity index (χ4n) is 3.40. The van der Waals surface area contributed by atoms with Crippen molar-refractivity contribution in [2.75, 3.05) is 12.0 Å². The Morgan fingerprint density at radius 1 is 1.07 bits per heavy atom. The van der Waals surface area contributed by atoms with Gasteiger partial charge in [0.2, 0.25) is 0 Å². The van der Waals surface area contributed by atoms with Crippen LogP contribution in [0.25, 0.3) is 0 Å². The van der Waals surface area contributed by atoms with Crippen LogP contribution < -0.4 is 15.0 Å². The van der Waals surface area contributed by atoms with E-state index in [9.17, 15) is 14.0 Å². The molecule has 1 N–H and O–H groups in total. The minimum atomic E-state index is -0.337. The summed E-state index contributed by atoms with van der Waals surface area (Å²) in [5.74, 6) is -0.169. The van der Waals surface area contributed by atoms with Crippen molar-refractivity contribution in [3.8, 4) is 5.75 Å². The number of amides is 2. The highest BCUT2D eigenvalue weighted by Gasteiger charge is 2.32. The maximum atomic E-state index is 13.1. The molecule has 0 aromatic heterocycles. The predicted molar refractivity (Wildman–Crippen MR) is 108 cm³/mol. The number of methoxy groups -OCH3 is 1. The summed E-state index contributed by atoms with van der Waals surface area (Å²) in [5.41, 5.74) is 3.08. The zero-order valence-corrected chi connectivity index (χ0v) is 15.8. The van der Waals surface area contributed by atoms with Gasteiger partial charge in [0.05, 0.1) is 24.8 Å². The summed E-state index contributed by atoms with van der Waals surface area (Å²) in [6.07, 6.45) is 0. The van der Waals surface area contributed by atoms with Crippen LogP contribution in [0.2, 0.25) is 0 Å². The molecule has 0 aliphatic carbocycles. The molecule has 0 fully saturated rings. The van der Waals surface area contributed by atoms with Crippen LogP contribution in [0.15, 0.2) is 66.7 Å². The highest BCUT2D eigenvalue weighted by atomic mass is 19.1. The number of benzene rings is 3. The first kappa shape index (κ1) is 18.7. The van der Waals surface area contributed by atoms with Gasteiger partial charge in [-0.25, -0.2) is 4.39 Å². The van der Waals surface area contributed by atoms with Crippen LogP contribution in [-0.2, 0) is 13.1 Å². The number of hydrogen-bond donors (Lipinski definition) is 1. The first-order valence-corrected chi connectivity index (χ1v) is 9.17. The number of carbonyl (C=O) groups is 2. The zero-order valence-electron chi connectivity index (χ0n) is 15.8. The molecule has 5 nitrogen and oxygen atoms in total. The molecule has 2 amide bonds. The van der Waals surface area contributed by atoms with Gasteiger partial charge in [0.15, 0.2) is 0 Å². The molecule has 146 valence electrons. The van der Waals surface area contributed by atoms with Crippen molar-refractivity contribution in [1.29, 1.82) is 0 Å². The number of halogens is 1. The second-order valence-electron chi connectivity index (χ2n) is 6.74. The highest BCUT2D eigenvalue weighted by molar-refractivity contribution is 6.16. The Morgan fingerprint density at radius 2 is 1.79 bits per heavy atom. The van der Waals surface area contributed by atoms with Crippen LogP contribution in [0.5, 0.6) is 5.75 Å². The second-order valence-corrected chi connectivity index (χ2v) is 6.74. The number of hydrogen-bond acceptors (Lipinski definition) is 3. The molecule has 0 saturated carbocycles. The van der Waals surface area contributed by atoms with Gasteiger partial charge < -0.3 is 15.0 Å². The molecular weight excluding hydrogens is 371 g/mol. The molecule has 6 heteroatoms. The molecule has 29 heavy (non-hydrogen) atoms. The van der Waals surface area contributed by atoms with E-state index in [1.807, 2.05) is 18.2 Å². The maximum absolute atomic E-state index is 13.1. The average molecular weight is 390 g/mol. The fourth-order valence-corrected chi connectivity index (χ4v) is 3.40. The lowest BCUT2D eigenvalue weighted by atomic mass is 10.0. The second kappa shape index (κ2) is 7.75. The van der Waals surface area contributed by atoms with Gasteiger partial charge in [0, 0.05) is 12.2 Å². The summed E-state index contributed by atoms with van der Waals surface area (Å²) in [4.78, 5) is 27.4. The quantitative estimate of drug-likeness (QED) is 0.718. The van der Waals surface area contributed by atoms with Crippen LogP contribution in [0.3, 0.4) is 0 Å². The monoisotopic (exact) mass is 390 g/mol. The molecule has 4 rings (SSSR count). The summed E-state index contributed by atoms with van der Waals surface area (Å²) in [7, 11) is 1.59. The largest absolute Gasteiger partial charge is 0.497 e. The Hall–Kier alpha value is -3.67. The minimum absolute atomic E-state index is 0.210. The van der Waals surface area contributed by atoms with Crippen molar-refractivity contribution in [3.05, 3.63) is 94.8 Å². The number of nitrogens with one attached hydrogen (secondary N) is 1. The van der Waals surface area contributed by atoms with Gasteiger partial charge in [-0.3, -0.25) is 9.59 Å². The minimum Gasteiger partial charge on any atom is -0.497 e. The van der Waals surface area contributed by atoms with Crippen molar-refractivity contribution in [2.24, 2.45) is 0 Å². The van der Waals surface area contributed by atoms with Crippen molar-refractivity contribution >= 4 is 17.5 Å². The summed E-state index contributed by atoms with van der Waals surface area (Å²) >= 11 is 0. The average Bonchev–Trinajstić information content (AvgIpc) is 3.10. The first-order chi connectivity index (χ1) is 14.1. The lowest BCUT2D eigenvalue weighted by Gasteiger charge is -2.16. The van der Waals surface area contributed by atoms with Gasteiger partial charge in [-0.1, -0.05) is 24.3 Å². The third-order valence-corrected chi connectivity index (χ3v) is 4.93. The predicted octanol–water partition coefficient (Wildman–Crippen LogP) is 3.92. The molecule has 1 heterocycles. The lowest BCUT2D eigenvalue weighted by Crippen LogP contribution is -2.27. The van der Waals surface area contributed by atoms with E-state index in [1.54, 1.807) is 48.4 Å². The fraction of sp³-hybridized carbons (Fsp3) is 0.130. The molecular formula is C23H19FN2O3. The van der Waals surface area contributed by atoms with Gasteiger partial charge >= 0.3 is 0 Å². The van der Waals surface area contributed by atoms with E-state index in [0.717, 1.165) is 16.8 Å². The number of rotatable bonds is 5. The summed E-state index contributed by atoms with van der Waals surface area (Å²) in [6, 6.07) is 18.4. The first-order valence-electron chi connectivity index (χ1n) is 9.17. The Balaban J connectivity index is 1.54. The van der Waals surface area contributed by atoms with Gasteiger partial charge in [0.25, 0.3) is 11.8 Å². The Labute approximate surface area is 167 Å². The maximum Gasteiger partial charge on any atom is 0.259 e. The molecule has 3 aromatic carbocycles. The normalized spacial score (nSPS) is 12.6. The number of fused-ring (bicyclic) bond motifs is 1. The Morgan fingerprint density at radius 3 is 2.48 bits per heavy atom. The van der Waals surface area contributed by atoms with Crippen LogP contribution >= 0.6 is 0 Å². The van der Waals surface area contributed by atoms with E-state index in [0.29, 0.717) is 23.4 Å². The van der Waals surface area contributed by atoms with Gasteiger partial charge in [-0.15, -0.1) is 0 Å². The van der Waals surface area contributed by atoms with E-state index in [2.05, 4.69) is 5.32 Å². The molecule has 0 bridgehead atoms. The van der Waals surface area contributed by atoms with Crippen LogP contribution in [0.1, 0.15) is 31.8 Å². The smallest absolute Gasteiger partial charge is 0.259 e. The van der Waals surface area contributed by atoms with Gasteiger partial charge in [0.1, 0.15) is 11.6 Å². The van der Waals surface area contributed by atoms with Crippen molar-refractivity contribution in [3.63, 3.8) is 0 Å². The molecule has 0 atom stereocenters. The number of nitrogens with zero attached hydrogens (tertiary/aromatic N) is 1. The number of carbonyl (C=O) groups excluding carboxylic acids is 2. The number of anilines is 1. The lowest BCUT2D eigenvalue weighted by molar-refractivity contribution is 0.0934. The van der Waals surface area contributed by atoms with Crippen LogP contribution in [0, 0.1) is 5.82 Å². The molecule has 3 aromatic rings.